The first-order valence-electron chi connectivity index (χ1n) is 12.5. The topological polar surface area (TPSA) is 80.6 Å². The molecule has 0 aromatic carbocycles. The van der Waals surface area contributed by atoms with Crippen molar-refractivity contribution in [3.63, 3.8) is 0 Å². The number of pyridine rings is 1. The van der Waals surface area contributed by atoms with Gasteiger partial charge in [-0.1, -0.05) is 20.3 Å². The van der Waals surface area contributed by atoms with Crippen LogP contribution in [0.25, 0.3) is 0 Å². The number of aromatic nitrogens is 1. The summed E-state index contributed by atoms with van der Waals surface area (Å²) in [7, 11) is 1.54. The second-order valence-electron chi connectivity index (χ2n) is 12.0. The molecular weight excluding hydrogens is 414 g/mol. The molecule has 6 heteroatoms. The Morgan fingerprint density at radius 3 is 2.52 bits per heavy atom. The van der Waals surface area contributed by atoms with Crippen molar-refractivity contribution in [3.8, 4) is 0 Å². The zero-order chi connectivity index (χ0) is 23.5. The fourth-order valence-electron chi connectivity index (χ4n) is 8.86. The Balaban J connectivity index is 1.42. The number of hydrogen-bond donors (Lipinski definition) is 1. The smallest absolute Gasteiger partial charge is 0.311 e. The summed E-state index contributed by atoms with van der Waals surface area (Å²) in [5.41, 5.74) is 4.61. The first-order valence-corrected chi connectivity index (χ1v) is 12.5. The van der Waals surface area contributed by atoms with E-state index in [1.165, 1.54) is 20.0 Å². The van der Waals surface area contributed by atoms with Crippen LogP contribution in [-0.4, -0.2) is 29.7 Å². The van der Waals surface area contributed by atoms with Crippen molar-refractivity contribution in [2.75, 3.05) is 7.11 Å². The molecule has 1 N–H and O–H groups in total. The standard InChI is InChI=1S/C27H37N3O3/c1-24-12-6-20-25(2)10-5-11-26(3,23(32)33-4)19(25)7-13-27(20,17-24)16-21(24)29-30-22(31)18-8-14-28-15-9-18/h8-9,14-15,19-20H,5-7,10-13,16-17H2,1-4H3,(H,30,31)/b29-21+/t19-,20-,24-,25+,26+,27-/m0/s1. The van der Waals surface area contributed by atoms with Gasteiger partial charge < -0.3 is 4.74 Å². The van der Waals surface area contributed by atoms with E-state index in [-0.39, 0.29) is 33.5 Å². The molecule has 0 unspecified atom stereocenters. The largest absolute Gasteiger partial charge is 0.469 e. The van der Waals surface area contributed by atoms with Gasteiger partial charge in [-0.3, -0.25) is 14.6 Å². The number of nitrogens with zero attached hydrogens (tertiary/aromatic N) is 2. The molecule has 6 atom stereocenters. The zero-order valence-electron chi connectivity index (χ0n) is 20.4. The third-order valence-corrected chi connectivity index (χ3v) is 10.3. The maximum atomic E-state index is 12.9. The number of hydrogen-bond acceptors (Lipinski definition) is 5. The third-order valence-electron chi connectivity index (χ3n) is 10.3. The lowest BCUT2D eigenvalue weighted by Crippen LogP contribution is -2.58. The van der Waals surface area contributed by atoms with Crippen LogP contribution in [0.15, 0.2) is 29.6 Å². The van der Waals surface area contributed by atoms with Crippen LogP contribution >= 0.6 is 0 Å². The quantitative estimate of drug-likeness (QED) is 0.509. The van der Waals surface area contributed by atoms with Gasteiger partial charge >= 0.3 is 5.97 Å². The monoisotopic (exact) mass is 451 g/mol. The van der Waals surface area contributed by atoms with Gasteiger partial charge in [0.1, 0.15) is 0 Å². The molecule has 1 spiro atoms. The molecule has 0 aliphatic heterocycles. The summed E-state index contributed by atoms with van der Waals surface area (Å²) in [5, 5.41) is 4.72. The molecule has 1 aromatic rings. The molecule has 4 aliphatic rings. The number of ether oxygens (including phenoxy) is 1. The average molecular weight is 452 g/mol. The average Bonchev–Trinajstić information content (AvgIpc) is 3.01. The van der Waals surface area contributed by atoms with Gasteiger partial charge in [-0.25, -0.2) is 5.43 Å². The summed E-state index contributed by atoms with van der Waals surface area (Å²) in [6.45, 7) is 6.96. The van der Waals surface area contributed by atoms with Crippen LogP contribution in [0, 0.1) is 33.5 Å². The molecule has 0 radical (unpaired) electrons. The predicted octanol–water partition coefficient (Wildman–Crippen LogP) is 5.14. The van der Waals surface area contributed by atoms with Gasteiger partial charge in [0, 0.05) is 29.1 Å². The fourth-order valence-corrected chi connectivity index (χ4v) is 8.86. The number of hydrazone groups is 1. The predicted molar refractivity (Wildman–Crippen MR) is 126 cm³/mol. The van der Waals surface area contributed by atoms with E-state index < -0.39 is 0 Å². The van der Waals surface area contributed by atoms with E-state index in [1.54, 1.807) is 24.5 Å². The number of carbonyl (C=O) groups excluding carboxylic acids is 2. The SMILES string of the molecule is COC(=O)[C@]1(C)CCC[C@@]2(C)[C@@H]3CC[C@@]4(C)C[C@]3(CC[C@@H]21)C/C4=N\NC(=O)c1ccncc1. The molecule has 1 heterocycles. The molecule has 5 rings (SSSR count). The van der Waals surface area contributed by atoms with Crippen LogP contribution in [-0.2, 0) is 9.53 Å². The van der Waals surface area contributed by atoms with E-state index in [1.807, 2.05) is 0 Å². The molecular formula is C27H37N3O3. The Hall–Kier alpha value is -2.24. The maximum Gasteiger partial charge on any atom is 0.311 e. The summed E-state index contributed by atoms with van der Waals surface area (Å²) in [4.78, 5) is 29.5. The first-order chi connectivity index (χ1) is 15.7. The molecule has 4 fully saturated rings. The zero-order valence-corrected chi connectivity index (χ0v) is 20.4. The molecule has 33 heavy (non-hydrogen) atoms. The Kier molecular flexibility index (Phi) is 5.22. The number of esters is 1. The highest BCUT2D eigenvalue weighted by Crippen LogP contribution is 2.73. The van der Waals surface area contributed by atoms with Crippen LogP contribution in [0.3, 0.4) is 0 Å². The van der Waals surface area contributed by atoms with E-state index >= 15 is 0 Å². The van der Waals surface area contributed by atoms with Crippen molar-refractivity contribution in [1.82, 2.24) is 10.4 Å². The minimum Gasteiger partial charge on any atom is -0.469 e. The molecule has 1 aromatic heterocycles. The molecule has 4 aliphatic carbocycles. The maximum absolute atomic E-state index is 12.9. The van der Waals surface area contributed by atoms with E-state index in [4.69, 9.17) is 9.84 Å². The highest BCUT2D eigenvalue weighted by atomic mass is 16.5. The second kappa shape index (κ2) is 7.64. The molecule has 178 valence electrons. The normalized spacial score (nSPS) is 42.8. The summed E-state index contributed by atoms with van der Waals surface area (Å²) in [5.74, 6) is 0.756. The lowest BCUT2D eigenvalue weighted by molar-refractivity contribution is -0.185. The van der Waals surface area contributed by atoms with Crippen LogP contribution in [0.4, 0.5) is 0 Å². The van der Waals surface area contributed by atoms with Crippen LogP contribution in [0.2, 0.25) is 0 Å². The minimum atomic E-state index is -0.377. The van der Waals surface area contributed by atoms with Gasteiger partial charge in [-0.05, 0) is 93.1 Å². The van der Waals surface area contributed by atoms with Crippen molar-refractivity contribution < 1.29 is 14.3 Å². The second-order valence-corrected chi connectivity index (χ2v) is 12.0. The van der Waals surface area contributed by atoms with Crippen molar-refractivity contribution in [3.05, 3.63) is 30.1 Å². The van der Waals surface area contributed by atoms with Crippen LogP contribution < -0.4 is 5.43 Å². The molecule has 6 nitrogen and oxygen atoms in total. The van der Waals surface area contributed by atoms with Crippen LogP contribution in [0.1, 0.15) is 88.9 Å². The van der Waals surface area contributed by atoms with Crippen molar-refractivity contribution in [1.29, 1.82) is 0 Å². The summed E-state index contributed by atoms with van der Waals surface area (Å²) in [6.07, 6.45) is 13.1. The van der Waals surface area contributed by atoms with Gasteiger partial charge in [-0.15, -0.1) is 0 Å². The molecule has 1 amide bonds. The minimum absolute atomic E-state index is 0.0254. The number of fused-ring (bicyclic) bond motifs is 3. The van der Waals surface area contributed by atoms with Gasteiger partial charge in [0.25, 0.3) is 5.91 Å². The number of rotatable bonds is 3. The summed E-state index contributed by atoms with van der Waals surface area (Å²) in [6, 6.07) is 3.42. The molecule has 2 bridgehead atoms. The summed E-state index contributed by atoms with van der Waals surface area (Å²) < 4.78 is 5.30. The fraction of sp³-hybridized carbons (Fsp3) is 0.704. The van der Waals surface area contributed by atoms with Crippen molar-refractivity contribution >= 4 is 17.6 Å². The Morgan fingerprint density at radius 1 is 1.06 bits per heavy atom. The van der Waals surface area contributed by atoms with Crippen molar-refractivity contribution in [2.45, 2.75) is 78.6 Å². The highest BCUT2D eigenvalue weighted by Gasteiger charge is 2.67. The molecule has 4 saturated carbocycles. The van der Waals surface area contributed by atoms with Gasteiger partial charge in [0.15, 0.2) is 0 Å². The van der Waals surface area contributed by atoms with E-state index in [2.05, 4.69) is 31.2 Å². The van der Waals surface area contributed by atoms with E-state index in [0.717, 1.165) is 50.7 Å². The number of nitrogens with one attached hydrogen (secondary N) is 1. The van der Waals surface area contributed by atoms with Gasteiger partial charge in [0.2, 0.25) is 0 Å². The Labute approximate surface area is 197 Å². The van der Waals surface area contributed by atoms with Gasteiger partial charge in [0.05, 0.1) is 12.5 Å². The first kappa shape index (κ1) is 22.5. The Morgan fingerprint density at radius 2 is 1.79 bits per heavy atom. The van der Waals surface area contributed by atoms with E-state index in [0.29, 0.717) is 17.4 Å². The van der Waals surface area contributed by atoms with E-state index in [9.17, 15) is 9.59 Å². The lowest BCUT2D eigenvalue weighted by Gasteiger charge is -2.64. The highest BCUT2D eigenvalue weighted by molar-refractivity contribution is 5.97. The number of methoxy groups -OCH3 is 1. The Bertz CT molecular complexity index is 994. The van der Waals surface area contributed by atoms with Crippen LogP contribution in [0.5, 0.6) is 0 Å². The lowest BCUT2D eigenvalue weighted by atomic mass is 9.40. The third kappa shape index (κ3) is 3.27. The van der Waals surface area contributed by atoms with Gasteiger partial charge in [-0.2, -0.15) is 5.10 Å². The summed E-state index contributed by atoms with van der Waals surface area (Å²) >= 11 is 0. The molecule has 0 saturated heterocycles. The number of carbonyl (C=O) groups is 2. The number of amides is 1. The van der Waals surface area contributed by atoms with Crippen molar-refractivity contribution in [2.24, 2.45) is 38.6 Å².